The second-order valence-corrected chi connectivity index (χ2v) is 4.55. The molecule has 21 heavy (non-hydrogen) atoms. The number of nitrogens with one attached hydrogen (secondary N) is 1. The van der Waals surface area contributed by atoms with E-state index in [1.807, 2.05) is 6.07 Å². The molecule has 5 nitrogen and oxygen atoms in total. The molecule has 0 aliphatic rings. The number of amides is 1. The molecule has 0 bridgehead atoms. The second kappa shape index (κ2) is 6.07. The summed E-state index contributed by atoms with van der Waals surface area (Å²) < 4.78 is 0. The van der Waals surface area contributed by atoms with Crippen LogP contribution in [0, 0.1) is 11.3 Å². The fourth-order valence-corrected chi connectivity index (χ4v) is 1.96. The molecule has 0 fully saturated rings. The highest BCUT2D eigenvalue weighted by molar-refractivity contribution is 6.33. The fourth-order valence-electron chi connectivity index (χ4n) is 1.70. The molecule has 2 aromatic carbocycles. The smallest absolute Gasteiger partial charge is 0.337 e. The van der Waals surface area contributed by atoms with Crippen molar-refractivity contribution in [2.45, 2.75) is 0 Å². The molecule has 0 saturated heterocycles. The van der Waals surface area contributed by atoms with E-state index < -0.39 is 11.9 Å². The van der Waals surface area contributed by atoms with Crippen LogP contribution in [0.1, 0.15) is 26.3 Å². The maximum Gasteiger partial charge on any atom is 0.337 e. The molecule has 0 spiro atoms. The molecule has 0 saturated carbocycles. The van der Waals surface area contributed by atoms with Crippen molar-refractivity contribution in [1.29, 1.82) is 5.26 Å². The third-order valence-electron chi connectivity index (χ3n) is 2.71. The third-order valence-corrected chi connectivity index (χ3v) is 3.02. The van der Waals surface area contributed by atoms with Crippen LogP contribution in [0.15, 0.2) is 42.5 Å². The standard InChI is InChI=1S/C15H9ClN2O3/c16-13-7-11(4-5-12(13)15(20)21)18-14(19)10-3-1-2-9(6-10)8-17/h1-7H,(H,18,19)(H,20,21). The zero-order chi connectivity index (χ0) is 15.4. The lowest BCUT2D eigenvalue weighted by Crippen LogP contribution is -2.12. The van der Waals surface area contributed by atoms with Gasteiger partial charge in [0, 0.05) is 11.3 Å². The Labute approximate surface area is 125 Å². The minimum absolute atomic E-state index is 0.0334. The van der Waals surface area contributed by atoms with Crippen LogP contribution in [0.4, 0.5) is 5.69 Å². The van der Waals surface area contributed by atoms with E-state index in [2.05, 4.69) is 5.32 Å². The predicted octanol–water partition coefficient (Wildman–Crippen LogP) is 3.16. The number of aromatic carboxylic acids is 1. The van der Waals surface area contributed by atoms with E-state index in [0.717, 1.165) is 0 Å². The Bertz CT molecular complexity index is 766. The number of hydrogen-bond donors (Lipinski definition) is 2. The molecular weight excluding hydrogens is 292 g/mol. The van der Waals surface area contributed by atoms with E-state index in [4.69, 9.17) is 22.0 Å². The number of carbonyl (C=O) groups is 2. The first-order valence-electron chi connectivity index (χ1n) is 5.85. The largest absolute Gasteiger partial charge is 0.478 e. The molecule has 0 heterocycles. The quantitative estimate of drug-likeness (QED) is 0.911. The van der Waals surface area contributed by atoms with Gasteiger partial charge in [0.1, 0.15) is 0 Å². The Morgan fingerprint density at radius 1 is 1.19 bits per heavy atom. The number of carbonyl (C=O) groups excluding carboxylic acids is 1. The molecular formula is C15H9ClN2O3. The number of anilines is 1. The summed E-state index contributed by atoms with van der Waals surface area (Å²) in [6.45, 7) is 0. The van der Waals surface area contributed by atoms with Gasteiger partial charge in [0.15, 0.2) is 0 Å². The van der Waals surface area contributed by atoms with Gasteiger partial charge in [-0.05, 0) is 36.4 Å². The van der Waals surface area contributed by atoms with Gasteiger partial charge in [0.25, 0.3) is 5.91 Å². The minimum Gasteiger partial charge on any atom is -0.478 e. The Hall–Kier alpha value is -2.84. The molecule has 0 aliphatic carbocycles. The number of carboxylic acids is 1. The van der Waals surface area contributed by atoms with Crippen LogP contribution in [0.2, 0.25) is 5.02 Å². The SMILES string of the molecule is N#Cc1cccc(C(=O)Nc2ccc(C(=O)O)c(Cl)c2)c1. The van der Waals surface area contributed by atoms with Crippen molar-refractivity contribution >= 4 is 29.2 Å². The monoisotopic (exact) mass is 300 g/mol. The predicted molar refractivity (Wildman–Crippen MR) is 77.5 cm³/mol. The summed E-state index contributed by atoms with van der Waals surface area (Å²) in [5.41, 5.74) is 1.04. The molecule has 1 amide bonds. The summed E-state index contributed by atoms with van der Waals surface area (Å²) in [4.78, 5) is 22.9. The van der Waals surface area contributed by atoms with Crippen LogP contribution < -0.4 is 5.32 Å². The average Bonchev–Trinajstić information content (AvgIpc) is 2.47. The first-order valence-corrected chi connectivity index (χ1v) is 6.23. The Balaban J connectivity index is 2.22. The van der Waals surface area contributed by atoms with Crippen LogP contribution in [0.5, 0.6) is 0 Å². The maximum absolute atomic E-state index is 12.0. The van der Waals surface area contributed by atoms with Crippen molar-refractivity contribution in [3.63, 3.8) is 0 Å². The Morgan fingerprint density at radius 2 is 1.95 bits per heavy atom. The lowest BCUT2D eigenvalue weighted by molar-refractivity contribution is 0.0697. The maximum atomic E-state index is 12.0. The molecule has 104 valence electrons. The van der Waals surface area contributed by atoms with E-state index in [0.29, 0.717) is 16.8 Å². The number of hydrogen-bond acceptors (Lipinski definition) is 3. The lowest BCUT2D eigenvalue weighted by Gasteiger charge is -2.07. The molecule has 0 aliphatic heterocycles. The van der Waals surface area contributed by atoms with Crippen molar-refractivity contribution in [3.8, 4) is 6.07 Å². The van der Waals surface area contributed by atoms with Crippen LogP contribution in [0.25, 0.3) is 0 Å². The number of rotatable bonds is 3. The van der Waals surface area contributed by atoms with Crippen molar-refractivity contribution < 1.29 is 14.7 Å². The first kappa shape index (κ1) is 14.6. The minimum atomic E-state index is -1.14. The molecule has 0 unspecified atom stereocenters. The summed E-state index contributed by atoms with van der Waals surface area (Å²) in [5, 5.41) is 20.3. The highest BCUT2D eigenvalue weighted by Crippen LogP contribution is 2.21. The average molecular weight is 301 g/mol. The first-order chi connectivity index (χ1) is 10.0. The van der Waals surface area contributed by atoms with Gasteiger partial charge in [-0.15, -0.1) is 0 Å². The molecule has 2 N–H and O–H groups in total. The van der Waals surface area contributed by atoms with Crippen molar-refractivity contribution in [1.82, 2.24) is 0 Å². The van der Waals surface area contributed by atoms with Crippen molar-refractivity contribution in [3.05, 3.63) is 64.2 Å². The zero-order valence-electron chi connectivity index (χ0n) is 10.6. The molecule has 2 aromatic rings. The van der Waals surface area contributed by atoms with E-state index in [-0.39, 0.29) is 10.6 Å². The number of nitriles is 1. The highest BCUT2D eigenvalue weighted by atomic mass is 35.5. The normalized spacial score (nSPS) is 9.71. The van der Waals surface area contributed by atoms with Crippen molar-refractivity contribution in [2.24, 2.45) is 0 Å². The van der Waals surface area contributed by atoms with E-state index in [1.165, 1.54) is 24.3 Å². The van der Waals surface area contributed by atoms with E-state index >= 15 is 0 Å². The van der Waals surface area contributed by atoms with Gasteiger partial charge in [0.2, 0.25) is 0 Å². The summed E-state index contributed by atoms with van der Waals surface area (Å²) in [6.07, 6.45) is 0. The van der Waals surface area contributed by atoms with Crippen LogP contribution in [-0.2, 0) is 0 Å². The third kappa shape index (κ3) is 3.38. The lowest BCUT2D eigenvalue weighted by atomic mass is 10.1. The summed E-state index contributed by atoms with van der Waals surface area (Å²) in [6, 6.07) is 12.3. The van der Waals surface area contributed by atoms with Gasteiger partial charge in [-0.1, -0.05) is 17.7 Å². The molecule has 0 radical (unpaired) electrons. The summed E-state index contributed by atoms with van der Waals surface area (Å²) in [5.74, 6) is -1.55. The van der Waals surface area contributed by atoms with E-state index in [1.54, 1.807) is 18.2 Å². The fraction of sp³-hybridized carbons (Fsp3) is 0. The summed E-state index contributed by atoms with van der Waals surface area (Å²) in [7, 11) is 0. The molecule has 2 rings (SSSR count). The van der Waals surface area contributed by atoms with Crippen LogP contribution in [-0.4, -0.2) is 17.0 Å². The van der Waals surface area contributed by atoms with Crippen molar-refractivity contribution in [2.75, 3.05) is 5.32 Å². The van der Waals surface area contributed by atoms with Gasteiger partial charge in [-0.2, -0.15) is 5.26 Å². The van der Waals surface area contributed by atoms with Gasteiger partial charge >= 0.3 is 5.97 Å². The van der Waals surface area contributed by atoms with Crippen LogP contribution >= 0.6 is 11.6 Å². The molecule has 0 atom stereocenters. The topological polar surface area (TPSA) is 90.2 Å². The zero-order valence-corrected chi connectivity index (χ0v) is 11.4. The summed E-state index contributed by atoms with van der Waals surface area (Å²) >= 11 is 5.83. The Morgan fingerprint density at radius 3 is 2.57 bits per heavy atom. The molecule has 0 aromatic heterocycles. The highest BCUT2D eigenvalue weighted by Gasteiger charge is 2.11. The van der Waals surface area contributed by atoms with Gasteiger partial charge in [-0.25, -0.2) is 4.79 Å². The van der Waals surface area contributed by atoms with Gasteiger partial charge in [0.05, 0.1) is 22.2 Å². The number of nitrogens with zero attached hydrogens (tertiary/aromatic N) is 1. The number of benzene rings is 2. The Kier molecular flexibility index (Phi) is 4.21. The van der Waals surface area contributed by atoms with E-state index in [9.17, 15) is 9.59 Å². The van der Waals surface area contributed by atoms with Crippen LogP contribution in [0.3, 0.4) is 0 Å². The number of halogens is 1. The van der Waals surface area contributed by atoms with Gasteiger partial charge in [-0.3, -0.25) is 4.79 Å². The second-order valence-electron chi connectivity index (χ2n) is 4.15. The molecule has 6 heteroatoms. The van der Waals surface area contributed by atoms with Gasteiger partial charge < -0.3 is 10.4 Å². The number of carboxylic acid groups (broad SMARTS) is 1.